The molecule has 4 atom stereocenters. The lowest BCUT2D eigenvalue weighted by Gasteiger charge is -2.58. The van der Waals surface area contributed by atoms with E-state index in [0.29, 0.717) is 36.9 Å². The number of amides is 1. The lowest BCUT2D eigenvalue weighted by atomic mass is 9.57. The maximum absolute atomic E-state index is 13.5. The highest BCUT2D eigenvalue weighted by Gasteiger charge is 2.60. The van der Waals surface area contributed by atoms with Gasteiger partial charge in [-0.25, -0.2) is 10.9 Å². The number of carbonyl (C=O) groups is 1. The minimum absolute atomic E-state index is 0.00492. The number of piperidine rings is 1. The Morgan fingerprint density at radius 1 is 0.811 bits per heavy atom. The molecule has 9 nitrogen and oxygen atoms in total. The van der Waals surface area contributed by atoms with Crippen LogP contribution >= 0.6 is 0 Å². The first-order valence-corrected chi connectivity index (χ1v) is 21.5. The van der Waals surface area contributed by atoms with Gasteiger partial charge in [0.05, 0.1) is 24.5 Å². The second-order valence-electron chi connectivity index (χ2n) is 16.7. The molecule has 2 saturated carbocycles. The molecule has 2 aliphatic carbocycles. The van der Waals surface area contributed by atoms with Gasteiger partial charge in [-0.1, -0.05) is 120 Å². The third-order valence-electron chi connectivity index (χ3n) is 13.4. The van der Waals surface area contributed by atoms with Gasteiger partial charge in [0.1, 0.15) is 0 Å². The molecule has 2 aromatic rings. The first kappa shape index (κ1) is 40.1. The van der Waals surface area contributed by atoms with Crippen LogP contribution in [-0.4, -0.2) is 72.2 Å². The Morgan fingerprint density at radius 3 is 2.17 bits per heavy atom. The van der Waals surface area contributed by atoms with E-state index in [1.54, 1.807) is 0 Å². The maximum atomic E-state index is 13.5. The summed E-state index contributed by atoms with van der Waals surface area (Å²) in [4.78, 5) is 16.2. The van der Waals surface area contributed by atoms with E-state index in [2.05, 4.69) is 31.7 Å². The molecule has 2 aliphatic heterocycles. The molecule has 2 heterocycles. The molecule has 4 fully saturated rings. The number of anilines is 1. The molecule has 1 spiro atoms. The zero-order chi connectivity index (χ0) is 36.8. The summed E-state index contributed by atoms with van der Waals surface area (Å²) in [5.74, 6) is 0.829. The van der Waals surface area contributed by atoms with Gasteiger partial charge in [0.2, 0.25) is 0 Å². The van der Waals surface area contributed by atoms with Crippen LogP contribution in [-0.2, 0) is 0 Å². The number of hydrogen-bond donors (Lipinski definition) is 7. The van der Waals surface area contributed by atoms with Gasteiger partial charge in [-0.05, 0) is 80.2 Å². The van der Waals surface area contributed by atoms with Crippen molar-refractivity contribution in [2.75, 3.05) is 44.7 Å². The largest absolute Gasteiger partial charge is 0.396 e. The summed E-state index contributed by atoms with van der Waals surface area (Å²) >= 11 is 0. The van der Waals surface area contributed by atoms with Gasteiger partial charge >= 0.3 is 0 Å². The van der Waals surface area contributed by atoms with Crippen LogP contribution in [0.2, 0.25) is 0 Å². The fraction of sp³-hybridized carbons (Fsp3) is 0.705. The molecule has 2 saturated heterocycles. The molecule has 6 rings (SSSR count). The predicted molar refractivity (Wildman–Crippen MR) is 215 cm³/mol. The quantitative estimate of drug-likeness (QED) is 0.122. The van der Waals surface area contributed by atoms with E-state index in [9.17, 15) is 15.0 Å². The first-order chi connectivity index (χ1) is 26.1. The highest BCUT2D eigenvalue weighted by atomic mass is 16.3. The third-order valence-corrected chi connectivity index (χ3v) is 13.4. The van der Waals surface area contributed by atoms with Crippen molar-refractivity contribution in [1.29, 1.82) is 0 Å². The summed E-state index contributed by atoms with van der Waals surface area (Å²) in [6, 6.07) is 17.4. The topological polar surface area (TPSA) is 121 Å². The van der Waals surface area contributed by atoms with Crippen LogP contribution in [0.3, 0.4) is 0 Å². The second kappa shape index (κ2) is 20.4. The predicted octanol–water partition coefficient (Wildman–Crippen LogP) is 7.25. The standard InChI is InChI=1S/C44H70N6O3/c51-30-25-39(35-18-11-10-12-19-35)47-42(53)36-20-17-23-38(32-36)46-33-41-48-49-44(50(41)29-31-52,37-21-13-6-2-1-3-7-14-22-37)40-24-28-45-34-43(40)26-15-8-4-5-9-16-27-43/h10-12,17-20,23,32,37,39-41,45-46,48-49,51-52H,1-9,13-16,21-22,24-31,33-34H2,(H,47,53)/t39-,40?,41?,44?/m0/s1. The van der Waals surface area contributed by atoms with E-state index >= 15 is 0 Å². The Morgan fingerprint density at radius 2 is 1.49 bits per heavy atom. The molecule has 294 valence electrons. The molecule has 7 N–H and O–H groups in total. The fourth-order valence-electron chi connectivity index (χ4n) is 10.7. The van der Waals surface area contributed by atoms with Crippen molar-refractivity contribution < 1.29 is 15.0 Å². The Labute approximate surface area is 319 Å². The van der Waals surface area contributed by atoms with Crippen LogP contribution in [0.1, 0.15) is 144 Å². The summed E-state index contributed by atoms with van der Waals surface area (Å²) in [6.45, 7) is 3.53. The Bertz CT molecular complexity index is 1360. The summed E-state index contributed by atoms with van der Waals surface area (Å²) in [7, 11) is 0. The van der Waals surface area contributed by atoms with Crippen molar-refractivity contribution in [3.8, 4) is 0 Å². The van der Waals surface area contributed by atoms with Crippen molar-refractivity contribution in [2.24, 2.45) is 17.3 Å². The van der Waals surface area contributed by atoms with Gasteiger partial charge in [-0.3, -0.25) is 9.69 Å². The minimum Gasteiger partial charge on any atom is -0.396 e. The summed E-state index contributed by atoms with van der Waals surface area (Å²) in [6.07, 6.45) is 23.9. The summed E-state index contributed by atoms with van der Waals surface area (Å²) < 4.78 is 0. The van der Waals surface area contributed by atoms with Gasteiger partial charge in [0, 0.05) is 43.4 Å². The van der Waals surface area contributed by atoms with Gasteiger partial charge in [-0.15, -0.1) is 0 Å². The molecule has 2 aromatic carbocycles. The molecule has 1 amide bonds. The molecule has 3 unspecified atom stereocenters. The van der Waals surface area contributed by atoms with Crippen LogP contribution < -0.4 is 26.8 Å². The molecule has 0 bridgehead atoms. The van der Waals surface area contributed by atoms with Gasteiger partial charge in [0.15, 0.2) is 0 Å². The Balaban J connectivity index is 1.25. The molecular formula is C44H70N6O3. The van der Waals surface area contributed by atoms with Crippen molar-refractivity contribution >= 4 is 11.6 Å². The average molecular weight is 731 g/mol. The fourth-order valence-corrected chi connectivity index (χ4v) is 10.7. The van der Waals surface area contributed by atoms with Crippen LogP contribution in [0.25, 0.3) is 0 Å². The van der Waals surface area contributed by atoms with Crippen LogP contribution in [0.5, 0.6) is 0 Å². The highest BCUT2D eigenvalue weighted by Crippen LogP contribution is 2.54. The van der Waals surface area contributed by atoms with E-state index < -0.39 is 0 Å². The smallest absolute Gasteiger partial charge is 0.251 e. The van der Waals surface area contributed by atoms with Crippen molar-refractivity contribution in [2.45, 2.75) is 140 Å². The SMILES string of the molecule is O=C(N[C@@H](CCO)c1ccccc1)c1cccc(NCC2NNC(C3CCCCCCCCC3)(C3CCNCC34CCCCCCCC4)N2CCO)c1. The molecule has 53 heavy (non-hydrogen) atoms. The van der Waals surface area contributed by atoms with E-state index in [1.165, 1.54) is 109 Å². The van der Waals surface area contributed by atoms with Crippen LogP contribution in [0.15, 0.2) is 54.6 Å². The lowest BCUT2D eigenvalue weighted by Crippen LogP contribution is -2.70. The monoisotopic (exact) mass is 731 g/mol. The number of β-amino-alcohol motifs (C(OH)–C–C–N with tert-alkyl or cyclic N) is 1. The number of nitrogens with one attached hydrogen (secondary N) is 5. The van der Waals surface area contributed by atoms with E-state index in [-0.39, 0.29) is 42.4 Å². The van der Waals surface area contributed by atoms with Crippen molar-refractivity contribution in [1.82, 2.24) is 26.4 Å². The highest BCUT2D eigenvalue weighted by molar-refractivity contribution is 5.95. The number of carbonyl (C=O) groups excluding carboxylic acids is 1. The Hall–Kier alpha value is -2.53. The molecule has 0 aromatic heterocycles. The van der Waals surface area contributed by atoms with Gasteiger partial charge < -0.3 is 26.2 Å². The average Bonchev–Trinajstić information content (AvgIpc) is 3.60. The van der Waals surface area contributed by atoms with E-state index in [0.717, 1.165) is 30.8 Å². The summed E-state index contributed by atoms with van der Waals surface area (Å²) in [5, 5.41) is 31.2. The number of hydrazine groups is 1. The molecular weight excluding hydrogens is 661 g/mol. The minimum atomic E-state index is -0.262. The maximum Gasteiger partial charge on any atom is 0.251 e. The zero-order valence-electron chi connectivity index (χ0n) is 32.4. The Kier molecular flexibility index (Phi) is 15.5. The van der Waals surface area contributed by atoms with E-state index in [4.69, 9.17) is 0 Å². The second-order valence-corrected chi connectivity index (χ2v) is 16.7. The first-order valence-electron chi connectivity index (χ1n) is 21.5. The number of rotatable bonds is 12. The number of aliphatic hydroxyl groups excluding tert-OH is 2. The molecule has 4 aliphatic rings. The van der Waals surface area contributed by atoms with E-state index in [1.807, 2.05) is 54.6 Å². The van der Waals surface area contributed by atoms with Crippen molar-refractivity contribution in [3.63, 3.8) is 0 Å². The zero-order valence-corrected chi connectivity index (χ0v) is 32.4. The number of aliphatic hydroxyl groups is 2. The number of hydrogen-bond acceptors (Lipinski definition) is 8. The van der Waals surface area contributed by atoms with Gasteiger partial charge in [0.25, 0.3) is 5.91 Å². The molecule has 0 radical (unpaired) electrons. The third kappa shape index (κ3) is 10.0. The number of nitrogens with zero attached hydrogens (tertiary/aromatic N) is 1. The molecule has 9 heteroatoms. The van der Waals surface area contributed by atoms with Crippen LogP contribution in [0.4, 0.5) is 5.69 Å². The normalized spacial score (nSPS) is 27.3. The lowest BCUT2D eigenvalue weighted by molar-refractivity contribution is -0.103. The number of benzene rings is 2. The summed E-state index contributed by atoms with van der Waals surface area (Å²) in [5.41, 5.74) is 10.4. The van der Waals surface area contributed by atoms with Gasteiger partial charge in [-0.2, -0.15) is 0 Å². The van der Waals surface area contributed by atoms with Crippen molar-refractivity contribution in [3.05, 3.63) is 65.7 Å². The van der Waals surface area contributed by atoms with Crippen LogP contribution in [0, 0.1) is 17.3 Å².